The van der Waals surface area contributed by atoms with Gasteiger partial charge in [-0.15, -0.1) is 11.8 Å². The zero-order chi connectivity index (χ0) is 18.9. The first-order valence-corrected chi connectivity index (χ1v) is 8.96. The van der Waals surface area contributed by atoms with Crippen LogP contribution in [0.3, 0.4) is 0 Å². The Labute approximate surface area is 156 Å². The van der Waals surface area contributed by atoms with Gasteiger partial charge in [-0.2, -0.15) is 0 Å². The molecule has 0 radical (unpaired) electrons. The predicted molar refractivity (Wildman–Crippen MR) is 102 cm³/mol. The van der Waals surface area contributed by atoms with Crippen molar-refractivity contribution in [3.8, 4) is 0 Å². The van der Waals surface area contributed by atoms with Crippen LogP contribution in [0.15, 0.2) is 59.5 Å². The van der Waals surface area contributed by atoms with Gasteiger partial charge in [0.15, 0.2) is 0 Å². The number of thioether (sulfide) groups is 1. The van der Waals surface area contributed by atoms with Crippen molar-refractivity contribution in [2.45, 2.75) is 29.9 Å². The van der Waals surface area contributed by atoms with Gasteiger partial charge in [0.2, 0.25) is 11.8 Å². The van der Waals surface area contributed by atoms with Crippen molar-refractivity contribution in [3.05, 3.63) is 54.6 Å². The monoisotopic (exact) mass is 372 g/mol. The van der Waals surface area contributed by atoms with Gasteiger partial charge in [-0.3, -0.25) is 14.4 Å². The van der Waals surface area contributed by atoms with Crippen molar-refractivity contribution in [2.24, 2.45) is 0 Å². The maximum Gasteiger partial charge on any atom is 0.303 e. The molecule has 0 saturated heterocycles. The third-order valence-corrected chi connectivity index (χ3v) is 4.54. The third kappa shape index (κ3) is 6.60. The van der Waals surface area contributed by atoms with E-state index in [1.54, 1.807) is 12.1 Å². The molecule has 0 spiro atoms. The van der Waals surface area contributed by atoms with E-state index in [0.29, 0.717) is 5.69 Å². The Bertz CT molecular complexity index is 763. The molecular weight excluding hydrogens is 352 g/mol. The van der Waals surface area contributed by atoms with E-state index in [9.17, 15) is 14.4 Å². The number of para-hydroxylation sites is 1. The van der Waals surface area contributed by atoms with E-state index < -0.39 is 5.97 Å². The third-order valence-electron chi connectivity index (χ3n) is 3.43. The highest BCUT2D eigenvalue weighted by Gasteiger charge is 2.14. The smallest absolute Gasteiger partial charge is 0.303 e. The van der Waals surface area contributed by atoms with Gasteiger partial charge < -0.3 is 15.7 Å². The highest BCUT2D eigenvalue weighted by molar-refractivity contribution is 8.00. The topological polar surface area (TPSA) is 95.5 Å². The SMILES string of the molecule is CC(Sc1ccc(NC(=O)CCC(=O)O)cc1)C(=O)Nc1ccccc1. The molecule has 0 aliphatic heterocycles. The molecule has 1 atom stereocenters. The van der Waals surface area contributed by atoms with Crippen LogP contribution in [-0.4, -0.2) is 28.1 Å². The average Bonchev–Trinajstić information content (AvgIpc) is 2.62. The molecule has 0 aliphatic carbocycles. The Morgan fingerprint density at radius 3 is 2.15 bits per heavy atom. The normalized spacial score (nSPS) is 11.4. The standard InChI is InChI=1S/C19H20N2O4S/c1-13(19(25)21-14-5-3-2-4-6-14)26-16-9-7-15(8-10-16)20-17(22)11-12-18(23)24/h2-10,13H,11-12H2,1H3,(H,20,22)(H,21,25)(H,23,24). The summed E-state index contributed by atoms with van der Waals surface area (Å²) >= 11 is 1.41. The summed E-state index contributed by atoms with van der Waals surface area (Å²) in [6, 6.07) is 16.3. The summed E-state index contributed by atoms with van der Waals surface area (Å²) < 4.78 is 0. The number of hydrogen-bond acceptors (Lipinski definition) is 4. The van der Waals surface area contributed by atoms with Crippen LogP contribution in [0.25, 0.3) is 0 Å². The van der Waals surface area contributed by atoms with E-state index in [-0.39, 0.29) is 29.9 Å². The minimum absolute atomic E-state index is 0.0669. The van der Waals surface area contributed by atoms with E-state index in [1.807, 2.05) is 49.4 Å². The van der Waals surface area contributed by atoms with Crippen molar-refractivity contribution in [1.29, 1.82) is 0 Å². The van der Waals surface area contributed by atoms with E-state index in [4.69, 9.17) is 5.11 Å². The second-order valence-corrected chi connectivity index (χ2v) is 7.00. The van der Waals surface area contributed by atoms with Gasteiger partial charge in [0, 0.05) is 22.7 Å². The molecule has 0 saturated carbocycles. The summed E-state index contributed by atoms with van der Waals surface area (Å²) in [6.45, 7) is 1.82. The second kappa shape index (κ2) is 9.62. The van der Waals surface area contributed by atoms with Gasteiger partial charge >= 0.3 is 5.97 Å². The number of nitrogens with one attached hydrogen (secondary N) is 2. The summed E-state index contributed by atoms with van der Waals surface area (Å²) in [7, 11) is 0. The van der Waals surface area contributed by atoms with Gasteiger partial charge in [0.1, 0.15) is 0 Å². The molecule has 0 aliphatic rings. The number of carboxylic acids is 1. The van der Waals surface area contributed by atoms with Crippen molar-refractivity contribution >= 4 is 40.9 Å². The Morgan fingerprint density at radius 2 is 1.54 bits per heavy atom. The van der Waals surface area contributed by atoms with Gasteiger partial charge in [0.05, 0.1) is 11.7 Å². The first-order valence-electron chi connectivity index (χ1n) is 8.08. The fourth-order valence-corrected chi connectivity index (χ4v) is 2.95. The van der Waals surface area contributed by atoms with Crippen LogP contribution in [0.5, 0.6) is 0 Å². The van der Waals surface area contributed by atoms with Crippen LogP contribution in [0.4, 0.5) is 11.4 Å². The Morgan fingerprint density at radius 1 is 0.923 bits per heavy atom. The molecule has 0 bridgehead atoms. The summed E-state index contributed by atoms with van der Waals surface area (Å²) in [5.74, 6) is -1.44. The maximum atomic E-state index is 12.2. The van der Waals surface area contributed by atoms with Gasteiger partial charge in [0.25, 0.3) is 0 Å². The molecule has 2 rings (SSSR count). The number of amides is 2. The average molecular weight is 372 g/mol. The molecule has 2 aromatic rings. The molecule has 1 unspecified atom stereocenters. The highest BCUT2D eigenvalue weighted by atomic mass is 32.2. The lowest BCUT2D eigenvalue weighted by molar-refractivity contribution is -0.138. The van der Waals surface area contributed by atoms with Crippen molar-refractivity contribution < 1.29 is 19.5 Å². The number of carboxylic acid groups (broad SMARTS) is 1. The predicted octanol–water partition coefficient (Wildman–Crippen LogP) is 3.61. The Balaban J connectivity index is 1.85. The number of hydrogen-bond donors (Lipinski definition) is 3. The van der Waals surface area contributed by atoms with Crippen LogP contribution in [0, 0.1) is 0 Å². The minimum Gasteiger partial charge on any atom is -0.481 e. The van der Waals surface area contributed by atoms with E-state index in [2.05, 4.69) is 10.6 Å². The lowest BCUT2D eigenvalue weighted by atomic mass is 10.2. The quantitative estimate of drug-likeness (QED) is 0.615. The minimum atomic E-state index is -1.00. The fraction of sp³-hybridized carbons (Fsp3) is 0.211. The van der Waals surface area contributed by atoms with Crippen LogP contribution in [0.2, 0.25) is 0 Å². The van der Waals surface area contributed by atoms with Crippen molar-refractivity contribution in [3.63, 3.8) is 0 Å². The Hall–Kier alpha value is -2.80. The summed E-state index contributed by atoms with van der Waals surface area (Å²) in [5.41, 5.74) is 1.34. The lowest BCUT2D eigenvalue weighted by Gasteiger charge is -2.12. The van der Waals surface area contributed by atoms with E-state index in [0.717, 1.165) is 10.6 Å². The molecule has 3 N–H and O–H groups in total. The van der Waals surface area contributed by atoms with Gasteiger partial charge in [-0.1, -0.05) is 18.2 Å². The number of carbonyl (C=O) groups is 3. The molecule has 0 heterocycles. The molecule has 26 heavy (non-hydrogen) atoms. The lowest BCUT2D eigenvalue weighted by Crippen LogP contribution is -2.22. The maximum absolute atomic E-state index is 12.2. The number of aliphatic carboxylic acids is 1. The first-order chi connectivity index (χ1) is 12.4. The van der Waals surface area contributed by atoms with Gasteiger partial charge in [-0.05, 0) is 43.3 Å². The molecule has 2 amide bonds. The Kier molecular flexibility index (Phi) is 7.23. The van der Waals surface area contributed by atoms with Crippen LogP contribution in [0.1, 0.15) is 19.8 Å². The van der Waals surface area contributed by atoms with Crippen LogP contribution >= 0.6 is 11.8 Å². The zero-order valence-corrected chi connectivity index (χ0v) is 15.1. The molecule has 6 nitrogen and oxygen atoms in total. The highest BCUT2D eigenvalue weighted by Crippen LogP contribution is 2.25. The molecular formula is C19H20N2O4S. The van der Waals surface area contributed by atoms with Crippen molar-refractivity contribution in [2.75, 3.05) is 10.6 Å². The second-order valence-electron chi connectivity index (χ2n) is 5.58. The zero-order valence-electron chi connectivity index (χ0n) is 14.3. The summed E-state index contributed by atoms with van der Waals surface area (Å²) in [4.78, 5) is 35.2. The van der Waals surface area contributed by atoms with Crippen LogP contribution < -0.4 is 10.6 Å². The van der Waals surface area contributed by atoms with Gasteiger partial charge in [-0.25, -0.2) is 0 Å². The molecule has 2 aromatic carbocycles. The van der Waals surface area contributed by atoms with E-state index >= 15 is 0 Å². The number of benzene rings is 2. The number of anilines is 2. The molecule has 7 heteroatoms. The summed E-state index contributed by atoms with van der Waals surface area (Å²) in [5, 5.41) is 13.8. The fourth-order valence-electron chi connectivity index (χ4n) is 2.08. The van der Waals surface area contributed by atoms with Crippen LogP contribution in [-0.2, 0) is 14.4 Å². The largest absolute Gasteiger partial charge is 0.481 e. The summed E-state index contributed by atoms with van der Waals surface area (Å²) in [6.07, 6.45) is -0.268. The molecule has 0 fully saturated rings. The first kappa shape index (κ1) is 19.5. The van der Waals surface area contributed by atoms with Crippen molar-refractivity contribution in [1.82, 2.24) is 0 Å². The number of rotatable bonds is 8. The number of carbonyl (C=O) groups excluding carboxylic acids is 2. The van der Waals surface area contributed by atoms with E-state index in [1.165, 1.54) is 11.8 Å². The molecule has 136 valence electrons. The molecule has 0 aromatic heterocycles.